The van der Waals surface area contributed by atoms with Gasteiger partial charge in [-0.2, -0.15) is 18.2 Å². The molecule has 17 heteroatoms. The van der Waals surface area contributed by atoms with Crippen molar-refractivity contribution >= 4 is 55.6 Å². The maximum Gasteiger partial charge on any atom is 0.416 e. The van der Waals surface area contributed by atoms with Gasteiger partial charge >= 0.3 is 6.18 Å². The van der Waals surface area contributed by atoms with Crippen molar-refractivity contribution in [3.63, 3.8) is 0 Å². The molecule has 1 saturated heterocycles. The second-order valence-electron chi connectivity index (χ2n) is 17.7. The van der Waals surface area contributed by atoms with Gasteiger partial charge in [0.2, 0.25) is 27.4 Å². The summed E-state index contributed by atoms with van der Waals surface area (Å²) in [6, 6.07) is 17.3. The predicted molar refractivity (Wildman–Crippen MR) is 231 cm³/mol. The van der Waals surface area contributed by atoms with Gasteiger partial charge in [-0.3, -0.25) is 23.9 Å². The van der Waals surface area contributed by atoms with Crippen LogP contribution < -0.4 is 9.46 Å². The molecule has 0 radical (unpaired) electrons. The number of fused-ring (bicyclic) bond motifs is 3. The Hall–Kier alpha value is -6.10. The van der Waals surface area contributed by atoms with Crippen LogP contribution in [0.3, 0.4) is 0 Å². The number of amides is 3. The molecule has 5 atom stereocenters. The van der Waals surface area contributed by atoms with E-state index in [4.69, 9.17) is 9.15 Å². The van der Waals surface area contributed by atoms with Gasteiger partial charge in [0.25, 0.3) is 11.8 Å². The molecule has 3 aliphatic rings. The number of benzene rings is 3. The normalized spacial score (nSPS) is 21.5. The molecule has 3 heterocycles. The zero-order valence-corrected chi connectivity index (χ0v) is 36.5. The summed E-state index contributed by atoms with van der Waals surface area (Å²) in [4.78, 5) is 68.5. The minimum atomic E-state index is -4.56. The number of furan rings is 1. The van der Waals surface area contributed by atoms with Gasteiger partial charge in [0.1, 0.15) is 17.2 Å². The van der Waals surface area contributed by atoms with E-state index in [9.17, 15) is 40.8 Å². The third kappa shape index (κ3) is 8.73. The number of nitrogens with one attached hydrogen (secondary N) is 1. The molecule has 0 spiro atoms. The van der Waals surface area contributed by atoms with Crippen molar-refractivity contribution in [1.82, 2.24) is 24.5 Å². The van der Waals surface area contributed by atoms with Crippen LogP contribution in [-0.2, 0) is 37.0 Å². The first-order valence-corrected chi connectivity index (χ1v) is 22.7. The standard InChI is InChI=1S/C47H48F3N5O8S/c1-6-30-23-46(30,45(59)53-64(60,61)33-18-19-33)24-37(56)36-22-32(25-55(36)44(58)35(26(2)3)21-27-10-9-11-29(20-27)43(57)54(4)5)62-42-40-39(34-12-7-8-13-38(34)63-40)51-41(52-42)28-14-16-31(17-15-28)47(48,49)50/h6-17,20,26,30,32-33,35-36H,1,18-19,21-25H2,2-5H3,(H,53,59)/t30-,32-,35+,36+,46-/m1/s1. The highest BCUT2D eigenvalue weighted by Gasteiger charge is 2.61. The number of sulfonamides is 1. The number of ether oxygens (including phenoxy) is 1. The summed E-state index contributed by atoms with van der Waals surface area (Å²) in [5, 5.41) is -0.0702. The minimum Gasteiger partial charge on any atom is -0.470 e. The number of carbonyl (C=O) groups excluding carboxylic acids is 4. The Morgan fingerprint density at radius 2 is 1.75 bits per heavy atom. The van der Waals surface area contributed by atoms with Crippen LogP contribution in [-0.4, -0.2) is 89.7 Å². The molecule has 0 bridgehead atoms. The lowest BCUT2D eigenvalue weighted by atomic mass is 9.86. The fourth-order valence-electron chi connectivity index (χ4n) is 8.65. The number of alkyl halides is 3. The summed E-state index contributed by atoms with van der Waals surface area (Å²) in [6.07, 6.45) is -3.01. The number of nitrogens with zero attached hydrogens (tertiary/aromatic N) is 4. The Morgan fingerprint density at radius 3 is 2.39 bits per heavy atom. The highest BCUT2D eigenvalue weighted by atomic mass is 32.2. The molecule has 2 aromatic heterocycles. The topological polar surface area (TPSA) is 169 Å². The van der Waals surface area contributed by atoms with Crippen LogP contribution in [0.5, 0.6) is 5.88 Å². The molecule has 13 nitrogen and oxygen atoms in total. The van der Waals surface area contributed by atoms with Gasteiger partial charge in [0.05, 0.1) is 28.8 Å². The number of hydrogen-bond acceptors (Lipinski definition) is 10. The quantitative estimate of drug-likeness (QED) is 0.105. The Labute approximate surface area is 368 Å². The van der Waals surface area contributed by atoms with Crippen LogP contribution in [0.15, 0.2) is 89.9 Å². The molecule has 3 fully saturated rings. The summed E-state index contributed by atoms with van der Waals surface area (Å²) in [7, 11) is -0.640. The summed E-state index contributed by atoms with van der Waals surface area (Å²) in [5.74, 6) is -3.21. The lowest BCUT2D eigenvalue weighted by molar-refractivity contribution is -0.143. The molecule has 1 N–H and O–H groups in total. The number of likely N-dealkylation sites (tertiary alicyclic amines) is 1. The lowest BCUT2D eigenvalue weighted by Crippen LogP contribution is -2.47. The molecule has 64 heavy (non-hydrogen) atoms. The molecule has 5 aromatic rings. The highest BCUT2D eigenvalue weighted by Crippen LogP contribution is 2.57. The first-order chi connectivity index (χ1) is 30.3. The molecule has 3 aromatic carbocycles. The van der Waals surface area contributed by atoms with E-state index >= 15 is 0 Å². The van der Waals surface area contributed by atoms with Gasteiger partial charge in [-0.1, -0.05) is 56.3 Å². The maximum absolute atomic E-state index is 14.9. The molecule has 2 aliphatic carbocycles. The zero-order valence-electron chi connectivity index (χ0n) is 35.7. The van der Waals surface area contributed by atoms with E-state index < -0.39 is 68.1 Å². The van der Waals surface area contributed by atoms with Gasteiger partial charge in [0.15, 0.2) is 11.6 Å². The average Bonchev–Trinajstić information content (AvgIpc) is 4.17. The van der Waals surface area contributed by atoms with Gasteiger partial charge in [-0.05, 0) is 79.5 Å². The Balaban J connectivity index is 1.14. The van der Waals surface area contributed by atoms with Crippen LogP contribution in [0.25, 0.3) is 33.5 Å². The highest BCUT2D eigenvalue weighted by molar-refractivity contribution is 7.90. The number of aromatic nitrogens is 2. The number of hydrogen-bond donors (Lipinski definition) is 1. The fourth-order valence-corrected chi connectivity index (χ4v) is 10.0. The molecular formula is C47H48F3N5O8S. The lowest BCUT2D eigenvalue weighted by Gasteiger charge is -2.30. The number of Topliss-reactive ketones (excluding diaryl/α,β-unsaturated/α-hetero) is 1. The summed E-state index contributed by atoms with van der Waals surface area (Å²) in [5.41, 5.74) is 0.155. The largest absolute Gasteiger partial charge is 0.470 e. The van der Waals surface area contributed by atoms with Crippen LogP contribution in [0.2, 0.25) is 0 Å². The first kappa shape index (κ1) is 44.5. The molecule has 2 saturated carbocycles. The summed E-state index contributed by atoms with van der Waals surface area (Å²) in [6.45, 7) is 7.50. The van der Waals surface area contributed by atoms with Crippen molar-refractivity contribution in [3.8, 4) is 17.3 Å². The molecule has 3 amide bonds. The number of rotatable bonds is 15. The van der Waals surface area contributed by atoms with Crippen molar-refractivity contribution in [3.05, 3.63) is 102 Å². The Kier molecular flexibility index (Phi) is 11.7. The van der Waals surface area contributed by atoms with Gasteiger partial charge in [-0.25, -0.2) is 13.4 Å². The van der Waals surface area contributed by atoms with Crippen LogP contribution >= 0.6 is 0 Å². The van der Waals surface area contributed by atoms with Crippen molar-refractivity contribution in [2.75, 3.05) is 20.6 Å². The second-order valence-corrected chi connectivity index (χ2v) is 19.6. The summed E-state index contributed by atoms with van der Waals surface area (Å²) < 4.78 is 81.2. The van der Waals surface area contributed by atoms with Crippen molar-refractivity contribution in [2.45, 2.75) is 75.9 Å². The number of ketones is 1. The summed E-state index contributed by atoms with van der Waals surface area (Å²) >= 11 is 0. The van der Waals surface area contributed by atoms with E-state index in [1.54, 1.807) is 56.6 Å². The number of para-hydroxylation sites is 1. The van der Waals surface area contributed by atoms with E-state index in [1.165, 1.54) is 28.0 Å². The van der Waals surface area contributed by atoms with E-state index in [2.05, 4.69) is 21.3 Å². The van der Waals surface area contributed by atoms with Gasteiger partial charge in [-0.15, -0.1) is 6.58 Å². The number of allylic oxidation sites excluding steroid dienone is 1. The Morgan fingerprint density at radius 1 is 1.03 bits per heavy atom. The monoisotopic (exact) mass is 899 g/mol. The maximum atomic E-state index is 14.9. The number of halogens is 3. The predicted octanol–water partition coefficient (Wildman–Crippen LogP) is 7.39. The Bertz CT molecular complexity index is 2790. The second kappa shape index (κ2) is 16.8. The smallest absolute Gasteiger partial charge is 0.416 e. The third-order valence-corrected chi connectivity index (χ3v) is 14.4. The minimum absolute atomic E-state index is 0.0413. The van der Waals surface area contributed by atoms with Gasteiger partial charge in [0, 0.05) is 49.4 Å². The van der Waals surface area contributed by atoms with E-state index in [0.717, 1.165) is 17.7 Å². The molecule has 336 valence electrons. The SMILES string of the molecule is C=C[C@@H]1C[C@]1(CC(=O)[C@@H]1C[C@@H](Oc2nc(-c3ccc(C(F)(F)F)cc3)nc3c2oc2ccccc23)CN1C(=O)[C@@H](Cc1cccc(C(=O)N(C)C)c1)C(C)C)C(=O)NS(=O)(=O)C1CC1. The van der Waals surface area contributed by atoms with E-state index in [1.807, 2.05) is 19.9 Å². The van der Waals surface area contributed by atoms with Crippen LogP contribution in [0, 0.1) is 23.2 Å². The molecule has 1 aliphatic heterocycles. The average molecular weight is 900 g/mol. The van der Waals surface area contributed by atoms with Crippen LogP contribution in [0.4, 0.5) is 13.2 Å². The number of carbonyl (C=O) groups is 4. The van der Waals surface area contributed by atoms with E-state index in [0.29, 0.717) is 34.9 Å². The molecule has 0 unspecified atom stereocenters. The van der Waals surface area contributed by atoms with E-state index in [-0.39, 0.29) is 72.8 Å². The van der Waals surface area contributed by atoms with Crippen molar-refractivity contribution in [2.24, 2.45) is 23.2 Å². The molecule has 8 rings (SSSR count). The molecular weight excluding hydrogens is 852 g/mol. The third-order valence-electron chi connectivity index (χ3n) is 12.6. The van der Waals surface area contributed by atoms with Gasteiger partial charge < -0.3 is 19.0 Å². The van der Waals surface area contributed by atoms with Crippen molar-refractivity contribution < 1.29 is 49.9 Å². The first-order valence-electron chi connectivity index (χ1n) is 21.2. The van der Waals surface area contributed by atoms with Crippen LogP contribution in [0.1, 0.15) is 67.4 Å². The fraction of sp³-hybridized carbons (Fsp3) is 0.404. The van der Waals surface area contributed by atoms with Crippen molar-refractivity contribution in [1.29, 1.82) is 0 Å². The zero-order chi connectivity index (χ0) is 45.9.